The van der Waals surface area contributed by atoms with Crippen LogP contribution in [0.25, 0.3) is 0 Å². The number of rotatable bonds is 2. The fourth-order valence-corrected chi connectivity index (χ4v) is 3.70. The molecule has 3 rings (SSSR count). The minimum Gasteiger partial charge on any atom is -0.349 e. The van der Waals surface area contributed by atoms with Gasteiger partial charge in [0.25, 0.3) is 0 Å². The van der Waals surface area contributed by atoms with Crippen molar-refractivity contribution in [3.63, 3.8) is 0 Å². The standard InChI is InChI=1S/C16H21ClN2O.ClH/c1-10-9-11(7-8-18-10)16(20)19-15-6-5-12-13(15)3-2-4-14(12)17;/h2-4,10-11,15,18H,5-9H2,1H3,(H,19,20);1H/t10-,11-,15?;/m0./s1. The van der Waals surface area contributed by atoms with E-state index in [2.05, 4.69) is 23.6 Å². The smallest absolute Gasteiger partial charge is 0.223 e. The summed E-state index contributed by atoms with van der Waals surface area (Å²) in [6.07, 6.45) is 3.79. The maximum Gasteiger partial charge on any atom is 0.223 e. The molecule has 2 aliphatic rings. The summed E-state index contributed by atoms with van der Waals surface area (Å²) in [5.74, 6) is 0.352. The van der Waals surface area contributed by atoms with E-state index >= 15 is 0 Å². The van der Waals surface area contributed by atoms with Gasteiger partial charge < -0.3 is 10.6 Å². The zero-order chi connectivity index (χ0) is 14.1. The van der Waals surface area contributed by atoms with Crippen molar-refractivity contribution in [1.82, 2.24) is 10.6 Å². The molecule has 1 fully saturated rings. The van der Waals surface area contributed by atoms with Crippen LogP contribution in [0.15, 0.2) is 18.2 Å². The Morgan fingerprint density at radius 1 is 1.38 bits per heavy atom. The van der Waals surface area contributed by atoms with E-state index in [0.29, 0.717) is 6.04 Å². The number of piperidine rings is 1. The molecule has 0 bridgehead atoms. The first-order chi connectivity index (χ1) is 9.65. The number of hydrogen-bond acceptors (Lipinski definition) is 2. The molecule has 2 N–H and O–H groups in total. The molecule has 0 saturated carbocycles. The summed E-state index contributed by atoms with van der Waals surface area (Å²) in [6.45, 7) is 3.08. The second-order valence-corrected chi connectivity index (χ2v) is 6.39. The molecule has 1 aromatic rings. The summed E-state index contributed by atoms with van der Waals surface area (Å²) in [5.41, 5.74) is 2.41. The van der Waals surface area contributed by atoms with Gasteiger partial charge in [0.2, 0.25) is 5.91 Å². The highest BCUT2D eigenvalue weighted by Gasteiger charge is 2.30. The fraction of sp³-hybridized carbons (Fsp3) is 0.562. The highest BCUT2D eigenvalue weighted by atomic mass is 35.5. The summed E-state index contributed by atoms with van der Waals surface area (Å²) in [6, 6.07) is 6.56. The van der Waals surface area contributed by atoms with Crippen LogP contribution in [-0.4, -0.2) is 18.5 Å². The number of nitrogens with one attached hydrogen (secondary N) is 2. The van der Waals surface area contributed by atoms with Gasteiger partial charge in [-0.3, -0.25) is 4.79 Å². The monoisotopic (exact) mass is 328 g/mol. The molecule has 1 aromatic carbocycles. The summed E-state index contributed by atoms with van der Waals surface area (Å²) in [5, 5.41) is 7.44. The van der Waals surface area contributed by atoms with Crippen molar-refractivity contribution >= 4 is 29.9 Å². The van der Waals surface area contributed by atoms with Crippen molar-refractivity contribution < 1.29 is 4.79 Å². The Kier molecular flexibility index (Phi) is 5.53. The fourth-order valence-electron chi connectivity index (χ4n) is 3.42. The number of carbonyl (C=O) groups excluding carboxylic acids is 1. The minimum absolute atomic E-state index is 0. The van der Waals surface area contributed by atoms with Crippen LogP contribution in [0.4, 0.5) is 0 Å². The van der Waals surface area contributed by atoms with Gasteiger partial charge in [0.05, 0.1) is 6.04 Å². The predicted octanol–water partition coefficient (Wildman–Crippen LogP) is 3.25. The van der Waals surface area contributed by atoms with E-state index in [1.54, 1.807) is 0 Å². The molecule has 1 saturated heterocycles. The first kappa shape index (κ1) is 16.6. The molecule has 1 heterocycles. The zero-order valence-electron chi connectivity index (χ0n) is 12.2. The highest BCUT2D eigenvalue weighted by molar-refractivity contribution is 6.31. The largest absolute Gasteiger partial charge is 0.349 e. The van der Waals surface area contributed by atoms with Crippen LogP contribution in [0.5, 0.6) is 0 Å². The van der Waals surface area contributed by atoms with E-state index < -0.39 is 0 Å². The van der Waals surface area contributed by atoms with Crippen LogP contribution in [0.3, 0.4) is 0 Å². The Hall–Kier alpha value is -0.770. The van der Waals surface area contributed by atoms with E-state index in [-0.39, 0.29) is 30.3 Å². The summed E-state index contributed by atoms with van der Waals surface area (Å²) >= 11 is 6.22. The van der Waals surface area contributed by atoms with E-state index in [4.69, 9.17) is 11.6 Å². The second-order valence-electron chi connectivity index (χ2n) is 5.98. The lowest BCUT2D eigenvalue weighted by atomic mass is 9.92. The van der Waals surface area contributed by atoms with Crippen molar-refractivity contribution in [2.75, 3.05) is 6.54 Å². The Labute approximate surface area is 137 Å². The molecule has 1 aliphatic heterocycles. The van der Waals surface area contributed by atoms with Crippen molar-refractivity contribution in [3.8, 4) is 0 Å². The zero-order valence-corrected chi connectivity index (χ0v) is 13.8. The van der Waals surface area contributed by atoms with Crippen LogP contribution in [0.1, 0.15) is 43.4 Å². The summed E-state index contributed by atoms with van der Waals surface area (Å²) in [7, 11) is 0. The Morgan fingerprint density at radius 3 is 2.95 bits per heavy atom. The topological polar surface area (TPSA) is 41.1 Å². The molecular formula is C16H22Cl2N2O. The van der Waals surface area contributed by atoms with Gasteiger partial charge in [0, 0.05) is 17.0 Å². The van der Waals surface area contributed by atoms with E-state index in [9.17, 15) is 4.79 Å². The number of benzene rings is 1. The number of hydrogen-bond donors (Lipinski definition) is 2. The lowest BCUT2D eigenvalue weighted by Gasteiger charge is -2.28. The number of fused-ring (bicyclic) bond motifs is 1. The number of amides is 1. The third-order valence-electron chi connectivity index (χ3n) is 4.52. The molecule has 21 heavy (non-hydrogen) atoms. The van der Waals surface area contributed by atoms with Gasteiger partial charge in [-0.1, -0.05) is 23.7 Å². The van der Waals surface area contributed by atoms with Crippen molar-refractivity contribution in [3.05, 3.63) is 34.3 Å². The van der Waals surface area contributed by atoms with Crippen molar-refractivity contribution in [2.45, 2.75) is 44.7 Å². The number of halogens is 2. The summed E-state index contributed by atoms with van der Waals surface area (Å²) in [4.78, 5) is 12.4. The normalized spacial score (nSPS) is 27.6. The second kappa shape index (κ2) is 6.99. The number of carbonyl (C=O) groups is 1. The Balaban J connectivity index is 0.00000161. The molecule has 0 radical (unpaired) electrons. The molecule has 0 spiro atoms. The average Bonchev–Trinajstić information content (AvgIpc) is 2.83. The predicted molar refractivity (Wildman–Crippen MR) is 88.1 cm³/mol. The van der Waals surface area contributed by atoms with Gasteiger partial charge in [-0.25, -0.2) is 0 Å². The van der Waals surface area contributed by atoms with Gasteiger partial charge >= 0.3 is 0 Å². The maximum atomic E-state index is 12.4. The lowest BCUT2D eigenvalue weighted by molar-refractivity contribution is -0.126. The first-order valence-electron chi connectivity index (χ1n) is 7.46. The molecule has 1 aliphatic carbocycles. The van der Waals surface area contributed by atoms with Gasteiger partial charge in [-0.15, -0.1) is 12.4 Å². The van der Waals surface area contributed by atoms with Gasteiger partial charge in [0.1, 0.15) is 0 Å². The van der Waals surface area contributed by atoms with Crippen LogP contribution in [-0.2, 0) is 11.2 Å². The lowest BCUT2D eigenvalue weighted by Crippen LogP contribution is -2.43. The van der Waals surface area contributed by atoms with E-state index in [0.717, 1.165) is 37.3 Å². The van der Waals surface area contributed by atoms with Crippen LogP contribution >= 0.6 is 24.0 Å². The third-order valence-corrected chi connectivity index (χ3v) is 4.88. The molecule has 1 unspecified atom stereocenters. The minimum atomic E-state index is 0. The SMILES string of the molecule is C[C@H]1C[C@@H](C(=O)NC2CCc3c(Cl)cccc32)CCN1.Cl. The van der Waals surface area contributed by atoms with Crippen LogP contribution in [0, 0.1) is 5.92 Å². The molecule has 5 heteroatoms. The van der Waals surface area contributed by atoms with Crippen molar-refractivity contribution in [2.24, 2.45) is 5.92 Å². The molecule has 116 valence electrons. The van der Waals surface area contributed by atoms with E-state index in [1.165, 1.54) is 11.1 Å². The quantitative estimate of drug-likeness (QED) is 0.874. The molecule has 3 nitrogen and oxygen atoms in total. The van der Waals surface area contributed by atoms with Gasteiger partial charge in [0.15, 0.2) is 0 Å². The van der Waals surface area contributed by atoms with E-state index in [1.807, 2.05) is 12.1 Å². The Bertz CT molecular complexity index is 521. The van der Waals surface area contributed by atoms with Gasteiger partial charge in [-0.2, -0.15) is 0 Å². The van der Waals surface area contributed by atoms with Crippen LogP contribution in [0.2, 0.25) is 5.02 Å². The van der Waals surface area contributed by atoms with Crippen molar-refractivity contribution in [1.29, 1.82) is 0 Å². The molecule has 0 aromatic heterocycles. The molecular weight excluding hydrogens is 307 g/mol. The van der Waals surface area contributed by atoms with Gasteiger partial charge in [-0.05, 0) is 56.3 Å². The molecule has 3 atom stereocenters. The maximum absolute atomic E-state index is 12.4. The molecule has 1 amide bonds. The summed E-state index contributed by atoms with van der Waals surface area (Å²) < 4.78 is 0. The average molecular weight is 329 g/mol. The first-order valence-corrected chi connectivity index (χ1v) is 7.84. The highest BCUT2D eigenvalue weighted by Crippen LogP contribution is 2.35. The van der Waals surface area contributed by atoms with Crippen LogP contribution < -0.4 is 10.6 Å². The third kappa shape index (κ3) is 3.53. The Morgan fingerprint density at radius 2 is 2.19 bits per heavy atom.